The van der Waals surface area contributed by atoms with E-state index >= 15 is 0 Å². The van der Waals surface area contributed by atoms with E-state index in [2.05, 4.69) is 6.58 Å². The van der Waals surface area contributed by atoms with E-state index in [0.717, 1.165) is 29.7 Å². The van der Waals surface area contributed by atoms with E-state index in [-0.39, 0.29) is 11.7 Å². The van der Waals surface area contributed by atoms with E-state index in [1.165, 1.54) is 0 Å². The van der Waals surface area contributed by atoms with Gasteiger partial charge in [0, 0.05) is 11.5 Å². The number of hydrogen-bond acceptors (Lipinski definition) is 2. The first-order valence-electron chi connectivity index (χ1n) is 5.08. The summed E-state index contributed by atoms with van der Waals surface area (Å²) in [5, 5.41) is 0. The fourth-order valence-corrected chi connectivity index (χ4v) is 2.06. The largest absolute Gasteiger partial charge is 0.497 e. The molecule has 0 spiro atoms. The lowest BCUT2D eigenvalue weighted by Crippen LogP contribution is -2.07. The topological polar surface area (TPSA) is 26.3 Å². The molecule has 2 heteroatoms. The Morgan fingerprint density at radius 2 is 2.40 bits per heavy atom. The van der Waals surface area contributed by atoms with Crippen molar-refractivity contribution in [1.82, 2.24) is 0 Å². The third-order valence-electron chi connectivity index (χ3n) is 2.87. The molecule has 2 rings (SSSR count). The van der Waals surface area contributed by atoms with E-state index in [4.69, 9.17) is 4.74 Å². The number of methoxy groups -OCH3 is 1. The van der Waals surface area contributed by atoms with Crippen LogP contribution in [-0.2, 0) is 6.42 Å². The second-order valence-electron chi connectivity index (χ2n) is 3.81. The molecule has 0 aromatic heterocycles. The number of Topliss-reactive ketones (excluding diaryl/α,β-unsaturated/α-hetero) is 1. The number of ether oxygens (including phenoxy) is 1. The maximum atomic E-state index is 12.0. The van der Waals surface area contributed by atoms with Crippen molar-refractivity contribution < 1.29 is 9.53 Å². The second kappa shape index (κ2) is 3.89. The molecule has 0 heterocycles. The summed E-state index contributed by atoms with van der Waals surface area (Å²) in [6, 6.07) is 5.72. The molecule has 0 N–H and O–H groups in total. The molecule has 1 aromatic rings. The molecule has 78 valence electrons. The van der Waals surface area contributed by atoms with E-state index < -0.39 is 0 Å². The van der Waals surface area contributed by atoms with Gasteiger partial charge in [-0.2, -0.15) is 0 Å². The minimum Gasteiger partial charge on any atom is -0.497 e. The number of rotatable bonds is 3. The molecule has 0 fully saturated rings. The zero-order valence-electron chi connectivity index (χ0n) is 8.82. The normalized spacial score (nSPS) is 18.7. The van der Waals surface area contributed by atoms with Crippen LogP contribution in [0, 0.1) is 5.92 Å². The molecule has 0 saturated carbocycles. The number of allylic oxidation sites excluding steroid dienone is 1. The fraction of sp³-hybridized carbons (Fsp3) is 0.308. The molecular weight excluding hydrogens is 188 g/mol. The maximum absolute atomic E-state index is 12.0. The quantitative estimate of drug-likeness (QED) is 0.704. The molecule has 0 saturated heterocycles. The third-order valence-corrected chi connectivity index (χ3v) is 2.87. The Labute approximate surface area is 89.6 Å². The van der Waals surface area contributed by atoms with Crippen LogP contribution < -0.4 is 4.74 Å². The average molecular weight is 202 g/mol. The van der Waals surface area contributed by atoms with Gasteiger partial charge in [-0.3, -0.25) is 4.79 Å². The molecule has 15 heavy (non-hydrogen) atoms. The van der Waals surface area contributed by atoms with Crippen molar-refractivity contribution in [1.29, 1.82) is 0 Å². The molecule has 0 amide bonds. The number of ketones is 1. The van der Waals surface area contributed by atoms with Crippen LogP contribution in [0.5, 0.6) is 5.75 Å². The van der Waals surface area contributed by atoms with Crippen LogP contribution in [0.25, 0.3) is 0 Å². The summed E-state index contributed by atoms with van der Waals surface area (Å²) < 4.78 is 5.11. The Morgan fingerprint density at radius 1 is 1.60 bits per heavy atom. The number of carbonyl (C=O) groups is 1. The maximum Gasteiger partial charge on any atom is 0.166 e. The fourth-order valence-electron chi connectivity index (χ4n) is 2.06. The van der Waals surface area contributed by atoms with Gasteiger partial charge in [0.1, 0.15) is 5.75 Å². The molecule has 1 atom stereocenters. The lowest BCUT2D eigenvalue weighted by Gasteiger charge is -2.02. The molecule has 1 aliphatic rings. The minimum atomic E-state index is 0.0876. The van der Waals surface area contributed by atoms with Gasteiger partial charge in [0.25, 0.3) is 0 Å². The van der Waals surface area contributed by atoms with Crippen LogP contribution in [0.1, 0.15) is 22.3 Å². The summed E-state index contributed by atoms with van der Waals surface area (Å²) in [5.74, 6) is 1.06. The van der Waals surface area contributed by atoms with Crippen molar-refractivity contribution in [3.63, 3.8) is 0 Å². The molecule has 2 nitrogen and oxygen atoms in total. The Kier molecular flexibility index (Phi) is 2.58. The lowest BCUT2D eigenvalue weighted by molar-refractivity contribution is 0.0937. The summed E-state index contributed by atoms with van der Waals surface area (Å²) in [6.07, 6.45) is 3.41. The molecule has 1 unspecified atom stereocenters. The third kappa shape index (κ3) is 1.67. The molecule has 0 aliphatic heterocycles. The van der Waals surface area contributed by atoms with Gasteiger partial charge in [0.15, 0.2) is 5.78 Å². The van der Waals surface area contributed by atoms with Crippen molar-refractivity contribution in [3.8, 4) is 5.75 Å². The zero-order valence-corrected chi connectivity index (χ0v) is 8.82. The smallest absolute Gasteiger partial charge is 0.166 e. The predicted octanol–water partition coefficient (Wildman–Crippen LogP) is 2.63. The highest BCUT2D eigenvalue weighted by Crippen LogP contribution is 2.31. The summed E-state index contributed by atoms with van der Waals surface area (Å²) >= 11 is 0. The first-order chi connectivity index (χ1) is 7.26. The van der Waals surface area contributed by atoms with Crippen LogP contribution in [0.4, 0.5) is 0 Å². The van der Waals surface area contributed by atoms with Gasteiger partial charge in [-0.05, 0) is 30.5 Å². The van der Waals surface area contributed by atoms with Crippen LogP contribution in [-0.4, -0.2) is 12.9 Å². The highest BCUT2D eigenvalue weighted by molar-refractivity contribution is 6.02. The summed E-state index contributed by atoms with van der Waals surface area (Å²) in [4.78, 5) is 12.0. The van der Waals surface area contributed by atoms with Crippen molar-refractivity contribution in [3.05, 3.63) is 42.0 Å². The Hall–Kier alpha value is -1.57. The summed E-state index contributed by atoms with van der Waals surface area (Å²) in [7, 11) is 1.61. The number of benzene rings is 1. The van der Waals surface area contributed by atoms with Gasteiger partial charge in [-0.1, -0.05) is 12.1 Å². The highest BCUT2D eigenvalue weighted by Gasteiger charge is 2.29. The number of fused-ring (bicyclic) bond motifs is 1. The lowest BCUT2D eigenvalue weighted by atomic mass is 10.0. The van der Waals surface area contributed by atoms with Gasteiger partial charge in [-0.15, -0.1) is 6.58 Å². The first kappa shape index (κ1) is 9.97. The standard InChI is InChI=1S/C13H14O2/c1-3-4-10-7-9-5-6-11(15-2)8-12(9)13(10)14/h3,5-6,8,10H,1,4,7H2,2H3. The Balaban J connectivity index is 2.33. The van der Waals surface area contributed by atoms with Gasteiger partial charge < -0.3 is 4.74 Å². The van der Waals surface area contributed by atoms with E-state index in [1.807, 2.05) is 24.3 Å². The number of hydrogen-bond donors (Lipinski definition) is 0. The van der Waals surface area contributed by atoms with Gasteiger partial charge >= 0.3 is 0 Å². The van der Waals surface area contributed by atoms with Gasteiger partial charge in [0.05, 0.1) is 7.11 Å². The molecule has 0 bridgehead atoms. The highest BCUT2D eigenvalue weighted by atomic mass is 16.5. The van der Waals surface area contributed by atoms with E-state index in [0.29, 0.717) is 0 Å². The van der Waals surface area contributed by atoms with Crippen molar-refractivity contribution in [2.45, 2.75) is 12.8 Å². The van der Waals surface area contributed by atoms with Crippen LogP contribution in [0.2, 0.25) is 0 Å². The summed E-state index contributed by atoms with van der Waals surface area (Å²) in [5.41, 5.74) is 1.95. The molecule has 1 aromatic carbocycles. The van der Waals surface area contributed by atoms with Gasteiger partial charge in [-0.25, -0.2) is 0 Å². The predicted molar refractivity (Wildman–Crippen MR) is 59.3 cm³/mol. The van der Waals surface area contributed by atoms with E-state index in [1.54, 1.807) is 7.11 Å². The van der Waals surface area contributed by atoms with E-state index in [9.17, 15) is 4.79 Å². The monoisotopic (exact) mass is 202 g/mol. The molecule has 0 radical (unpaired) electrons. The average Bonchev–Trinajstić information content (AvgIpc) is 2.56. The molecular formula is C13H14O2. The molecule has 1 aliphatic carbocycles. The van der Waals surface area contributed by atoms with Crippen molar-refractivity contribution in [2.75, 3.05) is 7.11 Å². The second-order valence-corrected chi connectivity index (χ2v) is 3.81. The Bertz CT molecular complexity index is 407. The summed E-state index contributed by atoms with van der Waals surface area (Å²) in [6.45, 7) is 3.68. The van der Waals surface area contributed by atoms with Crippen LogP contribution >= 0.6 is 0 Å². The van der Waals surface area contributed by atoms with Crippen molar-refractivity contribution >= 4 is 5.78 Å². The zero-order chi connectivity index (χ0) is 10.8. The van der Waals surface area contributed by atoms with Gasteiger partial charge in [0.2, 0.25) is 0 Å². The van der Waals surface area contributed by atoms with Crippen molar-refractivity contribution in [2.24, 2.45) is 5.92 Å². The minimum absolute atomic E-state index is 0.0876. The van der Waals surface area contributed by atoms with Crippen LogP contribution in [0.15, 0.2) is 30.9 Å². The van der Waals surface area contributed by atoms with Crippen LogP contribution in [0.3, 0.4) is 0 Å². The SMILES string of the molecule is C=CCC1Cc2ccc(OC)cc2C1=O. The number of carbonyl (C=O) groups excluding carboxylic acids is 1. The Morgan fingerprint density at radius 3 is 3.07 bits per heavy atom. The first-order valence-corrected chi connectivity index (χ1v) is 5.08.